The predicted molar refractivity (Wildman–Crippen MR) is 117 cm³/mol. The minimum absolute atomic E-state index is 0.159. The van der Waals surface area contributed by atoms with Gasteiger partial charge in [-0.1, -0.05) is 0 Å². The van der Waals surface area contributed by atoms with E-state index in [0.29, 0.717) is 44.9 Å². The molecule has 1 aliphatic rings. The number of morpholine rings is 1. The Morgan fingerprint density at radius 3 is 2.61 bits per heavy atom. The van der Waals surface area contributed by atoms with Gasteiger partial charge in [0.05, 0.1) is 33.1 Å². The van der Waals surface area contributed by atoms with Crippen molar-refractivity contribution in [1.82, 2.24) is 19.5 Å². The molecule has 3 aromatic rings. The van der Waals surface area contributed by atoms with Crippen molar-refractivity contribution in [2.45, 2.75) is 26.7 Å². The molecular weight excluding hydrogens is 396 g/mol. The first-order valence-corrected chi connectivity index (χ1v) is 10.5. The molecule has 0 bridgehead atoms. The third-order valence-electron chi connectivity index (χ3n) is 5.80. The first-order chi connectivity index (χ1) is 15.0. The molecule has 4 rings (SSSR count). The number of amides is 1. The van der Waals surface area contributed by atoms with Gasteiger partial charge in [0, 0.05) is 48.6 Å². The summed E-state index contributed by atoms with van der Waals surface area (Å²) in [6.45, 7) is 6.57. The molecule has 3 heterocycles. The van der Waals surface area contributed by atoms with Crippen LogP contribution in [-0.4, -0.2) is 65.9 Å². The molecule has 1 saturated heterocycles. The van der Waals surface area contributed by atoms with Crippen LogP contribution < -0.4 is 9.47 Å². The standard InChI is InChI=1S/C23H28N4O4/c1-15-18(7-8-23(28)26-9-11-31-12-10-26)16(2)27-22(24-15)14-20(25-27)19-6-5-17(29-3)13-21(19)30-4/h5-6,13-14H,7-12H2,1-4H3. The summed E-state index contributed by atoms with van der Waals surface area (Å²) in [5, 5.41) is 4.79. The number of aryl methyl sites for hydroxylation is 2. The molecule has 1 amide bonds. The number of aromatic nitrogens is 3. The Balaban J connectivity index is 1.62. The van der Waals surface area contributed by atoms with Crippen LogP contribution in [0.5, 0.6) is 11.5 Å². The molecule has 2 aromatic heterocycles. The van der Waals surface area contributed by atoms with E-state index in [1.54, 1.807) is 14.2 Å². The maximum Gasteiger partial charge on any atom is 0.223 e. The van der Waals surface area contributed by atoms with E-state index >= 15 is 0 Å². The number of benzene rings is 1. The molecule has 0 unspecified atom stereocenters. The minimum Gasteiger partial charge on any atom is -0.497 e. The smallest absolute Gasteiger partial charge is 0.223 e. The van der Waals surface area contributed by atoms with E-state index < -0.39 is 0 Å². The van der Waals surface area contributed by atoms with Gasteiger partial charge in [0.25, 0.3) is 0 Å². The second-order valence-electron chi connectivity index (χ2n) is 7.62. The van der Waals surface area contributed by atoms with Gasteiger partial charge >= 0.3 is 0 Å². The summed E-state index contributed by atoms with van der Waals surface area (Å²) in [5.74, 6) is 1.57. The first-order valence-electron chi connectivity index (χ1n) is 10.5. The number of ether oxygens (including phenoxy) is 3. The van der Waals surface area contributed by atoms with Crippen LogP contribution in [-0.2, 0) is 16.0 Å². The van der Waals surface area contributed by atoms with Gasteiger partial charge in [0.1, 0.15) is 11.5 Å². The molecule has 1 aliphatic heterocycles. The second kappa shape index (κ2) is 8.93. The molecular formula is C23H28N4O4. The molecule has 0 N–H and O–H groups in total. The molecule has 0 radical (unpaired) electrons. The highest BCUT2D eigenvalue weighted by Gasteiger charge is 2.19. The van der Waals surface area contributed by atoms with Crippen LogP contribution in [0.15, 0.2) is 24.3 Å². The Labute approximate surface area is 181 Å². The molecule has 164 valence electrons. The van der Waals surface area contributed by atoms with Crippen LogP contribution in [0.1, 0.15) is 23.4 Å². The maximum absolute atomic E-state index is 12.6. The largest absolute Gasteiger partial charge is 0.497 e. The Bertz CT molecular complexity index is 1100. The van der Waals surface area contributed by atoms with Gasteiger partial charge in [-0.05, 0) is 38.0 Å². The van der Waals surface area contributed by atoms with Crippen molar-refractivity contribution in [3.8, 4) is 22.8 Å². The summed E-state index contributed by atoms with van der Waals surface area (Å²) in [6, 6.07) is 7.61. The molecule has 1 aromatic carbocycles. The summed E-state index contributed by atoms with van der Waals surface area (Å²) < 4.78 is 18.0. The minimum atomic E-state index is 0.159. The maximum atomic E-state index is 12.6. The predicted octanol–water partition coefficient (Wildman–Crippen LogP) is 2.82. The zero-order valence-electron chi connectivity index (χ0n) is 18.5. The fourth-order valence-corrected chi connectivity index (χ4v) is 4.03. The van der Waals surface area contributed by atoms with Crippen molar-refractivity contribution in [3.63, 3.8) is 0 Å². The van der Waals surface area contributed by atoms with Crippen molar-refractivity contribution in [2.75, 3.05) is 40.5 Å². The zero-order chi connectivity index (χ0) is 22.0. The summed E-state index contributed by atoms with van der Waals surface area (Å²) in [6.07, 6.45) is 1.09. The van der Waals surface area contributed by atoms with E-state index in [9.17, 15) is 4.79 Å². The van der Waals surface area contributed by atoms with Gasteiger partial charge in [0.2, 0.25) is 5.91 Å². The highest BCUT2D eigenvalue weighted by Crippen LogP contribution is 2.33. The monoisotopic (exact) mass is 424 g/mol. The van der Waals surface area contributed by atoms with E-state index in [1.165, 1.54) is 0 Å². The Morgan fingerprint density at radius 1 is 1.13 bits per heavy atom. The summed E-state index contributed by atoms with van der Waals surface area (Å²) >= 11 is 0. The number of carbonyl (C=O) groups excluding carboxylic acids is 1. The average molecular weight is 425 g/mol. The number of methoxy groups -OCH3 is 2. The van der Waals surface area contributed by atoms with Gasteiger partial charge in [-0.25, -0.2) is 9.50 Å². The summed E-state index contributed by atoms with van der Waals surface area (Å²) in [7, 11) is 3.26. The number of fused-ring (bicyclic) bond motifs is 1. The number of nitrogens with zero attached hydrogens (tertiary/aromatic N) is 4. The lowest BCUT2D eigenvalue weighted by atomic mass is 10.1. The number of hydrogen-bond acceptors (Lipinski definition) is 6. The van der Waals surface area contributed by atoms with Crippen molar-refractivity contribution in [3.05, 3.63) is 41.2 Å². The van der Waals surface area contributed by atoms with Crippen molar-refractivity contribution < 1.29 is 19.0 Å². The lowest BCUT2D eigenvalue weighted by molar-refractivity contribution is -0.135. The molecule has 0 spiro atoms. The molecule has 1 fully saturated rings. The molecule has 31 heavy (non-hydrogen) atoms. The lowest BCUT2D eigenvalue weighted by Gasteiger charge is -2.27. The van der Waals surface area contributed by atoms with Crippen molar-refractivity contribution in [1.29, 1.82) is 0 Å². The van der Waals surface area contributed by atoms with Crippen LogP contribution in [0.25, 0.3) is 16.9 Å². The Kier molecular flexibility index (Phi) is 6.08. The lowest BCUT2D eigenvalue weighted by Crippen LogP contribution is -2.40. The van der Waals surface area contributed by atoms with Gasteiger partial charge in [-0.3, -0.25) is 4.79 Å². The van der Waals surface area contributed by atoms with E-state index in [1.807, 2.05) is 47.5 Å². The molecule has 0 atom stereocenters. The van der Waals surface area contributed by atoms with E-state index in [0.717, 1.165) is 39.6 Å². The van der Waals surface area contributed by atoms with E-state index in [-0.39, 0.29) is 5.91 Å². The highest BCUT2D eigenvalue weighted by atomic mass is 16.5. The molecule has 0 aliphatic carbocycles. The molecule has 8 heteroatoms. The summed E-state index contributed by atoms with van der Waals surface area (Å²) in [5.41, 5.74) is 5.39. The number of carbonyl (C=O) groups is 1. The van der Waals surface area contributed by atoms with Gasteiger partial charge in [-0.15, -0.1) is 0 Å². The Morgan fingerprint density at radius 2 is 1.90 bits per heavy atom. The normalized spacial score (nSPS) is 14.1. The fraction of sp³-hybridized carbons (Fsp3) is 0.435. The fourth-order valence-electron chi connectivity index (χ4n) is 4.03. The van der Waals surface area contributed by atoms with Gasteiger partial charge in [-0.2, -0.15) is 5.10 Å². The number of hydrogen-bond donors (Lipinski definition) is 0. The van der Waals surface area contributed by atoms with Crippen molar-refractivity contribution in [2.24, 2.45) is 0 Å². The first kappa shape index (κ1) is 21.1. The summed E-state index contributed by atoms with van der Waals surface area (Å²) in [4.78, 5) is 19.2. The van der Waals surface area contributed by atoms with Crippen LogP contribution in [0.4, 0.5) is 0 Å². The van der Waals surface area contributed by atoms with Crippen LogP contribution in [0, 0.1) is 13.8 Å². The molecule has 8 nitrogen and oxygen atoms in total. The third-order valence-corrected chi connectivity index (χ3v) is 5.80. The Hall–Kier alpha value is -3.13. The highest BCUT2D eigenvalue weighted by molar-refractivity contribution is 5.76. The van der Waals surface area contributed by atoms with Crippen LogP contribution in [0.2, 0.25) is 0 Å². The topological polar surface area (TPSA) is 78.2 Å². The third kappa shape index (κ3) is 4.20. The second-order valence-corrected chi connectivity index (χ2v) is 7.62. The quantitative estimate of drug-likeness (QED) is 0.606. The van der Waals surface area contributed by atoms with Crippen LogP contribution in [0.3, 0.4) is 0 Å². The van der Waals surface area contributed by atoms with Gasteiger partial charge < -0.3 is 19.1 Å². The van der Waals surface area contributed by atoms with E-state index in [2.05, 4.69) is 0 Å². The SMILES string of the molecule is COc1ccc(-c2cc3nc(C)c(CCC(=O)N4CCOCC4)c(C)n3n2)c(OC)c1. The zero-order valence-corrected chi connectivity index (χ0v) is 18.5. The molecule has 0 saturated carbocycles. The van der Waals surface area contributed by atoms with Gasteiger partial charge in [0.15, 0.2) is 5.65 Å². The van der Waals surface area contributed by atoms with E-state index in [4.69, 9.17) is 24.3 Å². The van der Waals surface area contributed by atoms with Crippen LogP contribution >= 0.6 is 0 Å². The van der Waals surface area contributed by atoms with Crippen molar-refractivity contribution >= 4 is 11.6 Å². The average Bonchev–Trinajstić information content (AvgIpc) is 3.22. The number of rotatable bonds is 6.